The van der Waals surface area contributed by atoms with Crippen molar-refractivity contribution in [2.24, 2.45) is 0 Å². The standard InChI is InChI=1S/C14H20O4S2/c15-10-12(16)11-19-8-6-14(17)18-7-9-20-13-4-2-1-3-5-13/h1-5,12,15-16H,6-11H2. The summed E-state index contributed by atoms with van der Waals surface area (Å²) in [5, 5.41) is 17.7. The molecule has 1 aromatic carbocycles. The molecule has 1 rings (SSSR count). The number of carbonyl (C=O) groups is 1. The van der Waals surface area contributed by atoms with Crippen molar-refractivity contribution in [1.29, 1.82) is 0 Å². The maximum Gasteiger partial charge on any atom is 0.306 e. The Kier molecular flexibility index (Phi) is 9.57. The summed E-state index contributed by atoms with van der Waals surface area (Å²) in [4.78, 5) is 12.6. The van der Waals surface area contributed by atoms with Crippen LogP contribution in [0.4, 0.5) is 0 Å². The lowest BCUT2D eigenvalue weighted by molar-refractivity contribution is -0.142. The molecule has 0 saturated heterocycles. The largest absolute Gasteiger partial charge is 0.465 e. The van der Waals surface area contributed by atoms with Crippen molar-refractivity contribution < 1.29 is 19.7 Å². The topological polar surface area (TPSA) is 66.8 Å². The third-order valence-electron chi connectivity index (χ3n) is 2.33. The molecule has 1 aromatic rings. The van der Waals surface area contributed by atoms with Crippen LogP contribution in [0, 0.1) is 0 Å². The minimum Gasteiger partial charge on any atom is -0.465 e. The van der Waals surface area contributed by atoms with E-state index < -0.39 is 6.10 Å². The summed E-state index contributed by atoms with van der Waals surface area (Å²) < 4.78 is 5.11. The van der Waals surface area contributed by atoms with E-state index in [2.05, 4.69) is 0 Å². The van der Waals surface area contributed by atoms with Crippen LogP contribution in [0.15, 0.2) is 35.2 Å². The summed E-state index contributed by atoms with van der Waals surface area (Å²) in [6.07, 6.45) is -0.378. The third-order valence-corrected chi connectivity index (χ3v) is 4.42. The van der Waals surface area contributed by atoms with Gasteiger partial charge in [0.25, 0.3) is 0 Å². The monoisotopic (exact) mass is 316 g/mol. The Morgan fingerprint density at radius 1 is 1.25 bits per heavy atom. The predicted octanol–water partition coefficient (Wildman–Crippen LogP) is 1.80. The van der Waals surface area contributed by atoms with E-state index in [-0.39, 0.29) is 12.6 Å². The number of carbonyl (C=O) groups excluding carboxylic acids is 1. The van der Waals surface area contributed by atoms with Gasteiger partial charge in [0, 0.05) is 22.2 Å². The summed E-state index contributed by atoms with van der Waals surface area (Å²) in [7, 11) is 0. The van der Waals surface area contributed by atoms with Gasteiger partial charge in [-0.15, -0.1) is 11.8 Å². The lowest BCUT2D eigenvalue weighted by Gasteiger charge is -2.07. The second-order valence-corrected chi connectivity index (χ2v) is 6.36. The summed E-state index contributed by atoms with van der Waals surface area (Å²) in [5.74, 6) is 1.56. The van der Waals surface area contributed by atoms with Crippen LogP contribution in [0.3, 0.4) is 0 Å². The Balaban J connectivity index is 1.98. The van der Waals surface area contributed by atoms with Gasteiger partial charge in [0.15, 0.2) is 0 Å². The van der Waals surface area contributed by atoms with Crippen molar-refractivity contribution in [3.63, 3.8) is 0 Å². The number of benzene rings is 1. The number of thioether (sulfide) groups is 2. The van der Waals surface area contributed by atoms with E-state index in [1.165, 1.54) is 11.8 Å². The molecule has 2 N–H and O–H groups in total. The zero-order chi connectivity index (χ0) is 14.6. The Hall–Kier alpha value is -0.690. The zero-order valence-corrected chi connectivity index (χ0v) is 12.9. The molecule has 0 bridgehead atoms. The van der Waals surface area contributed by atoms with Crippen LogP contribution in [0.25, 0.3) is 0 Å². The van der Waals surface area contributed by atoms with Gasteiger partial charge in [-0.3, -0.25) is 4.79 Å². The first-order valence-corrected chi connectivity index (χ1v) is 8.56. The van der Waals surface area contributed by atoms with Crippen molar-refractivity contribution in [2.75, 3.05) is 30.5 Å². The molecule has 0 aliphatic carbocycles. The molecule has 4 nitrogen and oxygen atoms in total. The fourth-order valence-electron chi connectivity index (χ4n) is 1.33. The first-order chi connectivity index (χ1) is 9.72. The van der Waals surface area contributed by atoms with Gasteiger partial charge in [-0.25, -0.2) is 0 Å². The molecule has 1 unspecified atom stereocenters. The lowest BCUT2D eigenvalue weighted by atomic mass is 10.4. The summed E-state index contributed by atoms with van der Waals surface area (Å²) in [6.45, 7) is 0.163. The first-order valence-electron chi connectivity index (χ1n) is 6.42. The molecular formula is C14H20O4S2. The van der Waals surface area contributed by atoms with Crippen molar-refractivity contribution in [1.82, 2.24) is 0 Å². The van der Waals surface area contributed by atoms with E-state index in [1.54, 1.807) is 11.8 Å². The molecule has 20 heavy (non-hydrogen) atoms. The first kappa shape index (κ1) is 17.4. The zero-order valence-electron chi connectivity index (χ0n) is 11.2. The molecule has 0 saturated carbocycles. The van der Waals surface area contributed by atoms with Crippen molar-refractivity contribution >= 4 is 29.5 Å². The van der Waals surface area contributed by atoms with E-state index in [0.717, 1.165) is 10.6 Å². The van der Waals surface area contributed by atoms with Crippen LogP contribution in [0.5, 0.6) is 0 Å². The smallest absolute Gasteiger partial charge is 0.306 e. The van der Waals surface area contributed by atoms with Gasteiger partial charge in [-0.1, -0.05) is 18.2 Å². The molecule has 0 radical (unpaired) electrons. The molecule has 0 spiro atoms. The molecule has 112 valence electrons. The van der Waals surface area contributed by atoms with Crippen molar-refractivity contribution in [3.8, 4) is 0 Å². The number of aliphatic hydroxyl groups is 2. The van der Waals surface area contributed by atoms with Gasteiger partial charge < -0.3 is 14.9 Å². The summed E-state index contributed by atoms with van der Waals surface area (Å²) in [6, 6.07) is 9.97. The van der Waals surface area contributed by atoms with E-state index >= 15 is 0 Å². The highest BCUT2D eigenvalue weighted by Crippen LogP contribution is 2.16. The van der Waals surface area contributed by atoms with E-state index in [9.17, 15) is 4.79 Å². The molecule has 0 aliphatic heterocycles. The fraction of sp³-hybridized carbons (Fsp3) is 0.500. The number of rotatable bonds is 10. The van der Waals surface area contributed by atoms with Crippen LogP contribution in [-0.4, -0.2) is 52.8 Å². The van der Waals surface area contributed by atoms with Crippen LogP contribution >= 0.6 is 23.5 Å². The normalized spacial score (nSPS) is 12.1. The number of hydrogen-bond acceptors (Lipinski definition) is 6. The Morgan fingerprint density at radius 2 is 2.00 bits per heavy atom. The predicted molar refractivity (Wildman–Crippen MR) is 83.2 cm³/mol. The molecular weight excluding hydrogens is 296 g/mol. The highest BCUT2D eigenvalue weighted by molar-refractivity contribution is 7.99. The van der Waals surface area contributed by atoms with Crippen molar-refractivity contribution in [2.45, 2.75) is 17.4 Å². The molecule has 0 amide bonds. The maximum absolute atomic E-state index is 11.4. The maximum atomic E-state index is 11.4. The Labute approximate surface area is 127 Å². The van der Waals surface area contributed by atoms with Crippen molar-refractivity contribution in [3.05, 3.63) is 30.3 Å². The van der Waals surface area contributed by atoms with E-state index in [1.807, 2.05) is 30.3 Å². The summed E-state index contributed by atoms with van der Waals surface area (Å²) in [5.41, 5.74) is 0. The average molecular weight is 316 g/mol. The molecule has 0 fully saturated rings. The average Bonchev–Trinajstić information content (AvgIpc) is 2.49. The van der Waals surface area contributed by atoms with Crippen LogP contribution < -0.4 is 0 Å². The molecule has 0 aliphatic rings. The van der Waals surface area contributed by atoms with E-state index in [4.69, 9.17) is 14.9 Å². The summed E-state index contributed by atoms with van der Waals surface area (Å²) >= 11 is 3.09. The van der Waals surface area contributed by atoms with Gasteiger partial charge in [-0.2, -0.15) is 11.8 Å². The molecule has 0 aromatic heterocycles. The second kappa shape index (κ2) is 11.0. The second-order valence-electron chi connectivity index (χ2n) is 4.04. The quantitative estimate of drug-likeness (QED) is 0.390. The Morgan fingerprint density at radius 3 is 2.70 bits per heavy atom. The fourth-order valence-corrected chi connectivity index (χ4v) is 2.94. The van der Waals surface area contributed by atoms with Gasteiger partial charge in [0.05, 0.1) is 19.1 Å². The number of esters is 1. The third kappa shape index (κ3) is 8.47. The van der Waals surface area contributed by atoms with Crippen LogP contribution in [-0.2, 0) is 9.53 Å². The number of hydrogen-bond donors (Lipinski definition) is 2. The van der Waals surface area contributed by atoms with E-state index in [0.29, 0.717) is 24.5 Å². The Bertz CT molecular complexity index is 373. The highest BCUT2D eigenvalue weighted by atomic mass is 32.2. The van der Waals surface area contributed by atoms with Crippen LogP contribution in [0.2, 0.25) is 0 Å². The van der Waals surface area contributed by atoms with Gasteiger partial charge in [0.1, 0.15) is 6.61 Å². The minimum atomic E-state index is -0.710. The highest BCUT2D eigenvalue weighted by Gasteiger charge is 2.05. The minimum absolute atomic E-state index is 0.218. The number of aliphatic hydroxyl groups excluding tert-OH is 2. The number of ether oxygens (including phenoxy) is 1. The SMILES string of the molecule is O=C(CCSCC(O)CO)OCCSc1ccccc1. The lowest BCUT2D eigenvalue weighted by Crippen LogP contribution is -2.15. The van der Waals surface area contributed by atoms with Gasteiger partial charge in [0.2, 0.25) is 0 Å². The van der Waals surface area contributed by atoms with Crippen LogP contribution in [0.1, 0.15) is 6.42 Å². The van der Waals surface area contributed by atoms with Gasteiger partial charge in [-0.05, 0) is 12.1 Å². The van der Waals surface area contributed by atoms with Gasteiger partial charge >= 0.3 is 5.97 Å². The molecule has 0 heterocycles. The molecule has 6 heteroatoms. The molecule has 1 atom stereocenters.